The van der Waals surface area contributed by atoms with Crippen LogP contribution in [0.15, 0.2) is 213 Å². The highest BCUT2D eigenvalue weighted by Gasteiger charge is 2.17. The fourth-order valence-electron chi connectivity index (χ4n) is 10.1. The highest BCUT2D eigenvalue weighted by Crippen LogP contribution is 2.33. The van der Waals surface area contributed by atoms with Crippen LogP contribution in [-0.2, 0) is 14.3 Å². The van der Waals surface area contributed by atoms with Crippen LogP contribution in [0.1, 0.15) is 99.3 Å². The van der Waals surface area contributed by atoms with Crippen LogP contribution in [0.4, 0.5) is 34.1 Å². The number of para-hydroxylation sites is 8. The summed E-state index contributed by atoms with van der Waals surface area (Å²) in [6.07, 6.45) is 11.8. The lowest BCUT2D eigenvalue weighted by Crippen LogP contribution is -2.07. The van der Waals surface area contributed by atoms with E-state index in [1.807, 2.05) is 147 Å². The molecule has 0 bridgehead atoms. The van der Waals surface area contributed by atoms with Crippen molar-refractivity contribution in [2.75, 3.05) is 71.2 Å². The number of nitrogens with zero attached hydrogens (tertiary/aromatic N) is 7. The number of nitrogens with two attached hydrogens (primary N) is 3. The van der Waals surface area contributed by atoms with Gasteiger partial charge in [-0.25, -0.2) is 4.98 Å². The van der Waals surface area contributed by atoms with Crippen LogP contribution in [0.5, 0.6) is 23.0 Å². The zero-order chi connectivity index (χ0) is 72.1. The number of hydrogen-bond donors (Lipinski definition) is 5. The summed E-state index contributed by atoms with van der Waals surface area (Å²) in [6.45, 7) is 9.41. The Labute approximate surface area is 576 Å². The van der Waals surface area contributed by atoms with Crippen molar-refractivity contribution in [3.05, 3.63) is 255 Å². The Kier molecular flexibility index (Phi) is 32.9. The van der Waals surface area contributed by atoms with E-state index in [0.717, 1.165) is 93.1 Å². The van der Waals surface area contributed by atoms with Crippen molar-refractivity contribution < 1.29 is 48.2 Å². The van der Waals surface area contributed by atoms with Gasteiger partial charge in [-0.2, -0.15) is 0 Å². The van der Waals surface area contributed by atoms with E-state index in [-0.39, 0.29) is 47.2 Å². The summed E-state index contributed by atoms with van der Waals surface area (Å²) in [4.78, 5) is 62.0. The van der Waals surface area contributed by atoms with Crippen molar-refractivity contribution in [1.82, 2.24) is 24.9 Å². The molecule has 0 fully saturated rings. The lowest BCUT2D eigenvalue weighted by molar-refractivity contribution is -0.383. The van der Waals surface area contributed by atoms with Crippen LogP contribution in [0.2, 0.25) is 0 Å². The molecule has 11 aromatic rings. The second kappa shape index (κ2) is 41.9. The molecule has 11 rings (SSSR count). The molecule has 23 nitrogen and oxygen atoms in total. The van der Waals surface area contributed by atoms with E-state index >= 15 is 0 Å². The van der Waals surface area contributed by atoms with E-state index in [1.54, 1.807) is 59.2 Å². The minimum Gasteiger partial charge on any atom is -0.496 e. The minimum atomic E-state index is -0.564. The number of ether oxygens (including phenoxy) is 5. The van der Waals surface area contributed by atoms with E-state index in [9.17, 15) is 29.8 Å². The van der Waals surface area contributed by atoms with Crippen molar-refractivity contribution in [2.24, 2.45) is 0 Å². The first kappa shape index (κ1) is 77.9. The number of hydrogen-bond acceptors (Lipinski definition) is 21. The first-order valence-electron chi connectivity index (χ1n) is 31.6. The molecular formula is C76H87N11O12. The maximum Gasteiger partial charge on any atom is 0.306 e. The van der Waals surface area contributed by atoms with Crippen LogP contribution in [-0.4, -0.2) is 101 Å². The molecule has 0 saturated carbocycles. The monoisotopic (exact) mass is 1350 g/mol. The molecule has 0 amide bonds. The van der Waals surface area contributed by atoms with Crippen molar-refractivity contribution in [1.29, 1.82) is 0 Å². The first-order chi connectivity index (χ1) is 47.9. The number of carbonyl (C=O) groups is 2. The van der Waals surface area contributed by atoms with Crippen LogP contribution in [0.3, 0.4) is 0 Å². The number of nitro benzene ring substituents is 2. The molecular weight excluding hydrogens is 1260 g/mol. The predicted molar refractivity (Wildman–Crippen MR) is 392 cm³/mol. The van der Waals surface area contributed by atoms with Gasteiger partial charge in [0, 0.05) is 68.1 Å². The Bertz CT molecular complexity index is 4300. The van der Waals surface area contributed by atoms with Gasteiger partial charge in [0.15, 0.2) is 5.52 Å². The SMILES string of the molecule is COC(=O)CC(C)c1ccccc1OC.COc1ccccc1C(C)CC=O.COc1ccccc1C(C)CCNc1cccc2nccnc12.COc1ccccc1C(C)CCO.Nc1cccc([N+](=O)[O-])c1N.Nc1cccc2cccnc12.O=[N+]([O-])c1cccc2nccnc12. The topological polar surface area (TPSA) is 341 Å². The fourth-order valence-corrected chi connectivity index (χ4v) is 10.1. The Morgan fingerprint density at radius 2 is 0.909 bits per heavy atom. The molecule has 0 saturated heterocycles. The average Bonchev–Trinajstić information content (AvgIpc) is 0.943. The number of fused-ring (bicyclic) bond motifs is 3. The lowest BCUT2D eigenvalue weighted by Gasteiger charge is -2.16. The number of aliphatic hydroxyl groups excluding tert-OH is 1. The summed E-state index contributed by atoms with van der Waals surface area (Å²) < 4.78 is 25.7. The number of methoxy groups -OCH3 is 5. The number of aliphatic hydroxyl groups is 1. The predicted octanol–water partition coefficient (Wildman–Crippen LogP) is 15.3. The number of nitro groups is 2. The average molecular weight is 1350 g/mol. The van der Waals surface area contributed by atoms with Gasteiger partial charge >= 0.3 is 5.97 Å². The molecule has 4 atom stereocenters. The third kappa shape index (κ3) is 24.1. The molecule has 0 aliphatic rings. The Morgan fingerprint density at radius 3 is 1.40 bits per heavy atom. The number of non-ortho nitro benzene ring substituents is 1. The lowest BCUT2D eigenvalue weighted by atomic mass is 9.97. The van der Waals surface area contributed by atoms with Crippen LogP contribution < -0.4 is 41.5 Å². The standard InChI is InChI=1S/C19H21N3O.C12H16O3.C11H16O2.C11H14O2.C9H8N2.C8H5N3O2.C6H7N3O2/c1-14(15-6-3-4-9-18(15)23-2)10-11-20-16-7-5-8-17-19(16)22-13-12-21-17;1-9(8-12(13)15-3)10-6-4-5-7-11(10)14-2;2*1-9(7-8-12)10-5-3-4-6-11(10)13-2;10-8-5-1-3-7-4-2-6-11-9(7)8;12-11(13)7-3-1-2-6-8(7)10-5-4-9-6;7-4-2-1-3-5(6(4)8)9(10)11/h3-9,12-14,20H,10-11H2,1-2H3;4-7,9H,8H2,1-3H3;3-6,9,12H,7-8H2,1-2H3;3-6,8-9H,7H2,1-2H3;1-6H,10H2;1-5H;1-3H,7-8H2. The molecule has 8 N–H and O–H groups in total. The molecule has 99 heavy (non-hydrogen) atoms. The molecule has 3 heterocycles. The van der Waals surface area contributed by atoms with Gasteiger partial charge < -0.3 is 56.1 Å². The van der Waals surface area contributed by atoms with E-state index in [0.29, 0.717) is 35.7 Å². The highest BCUT2D eigenvalue weighted by molar-refractivity contribution is 5.89. The van der Waals surface area contributed by atoms with Gasteiger partial charge in [-0.05, 0) is 119 Å². The number of benzene rings is 8. The zero-order valence-corrected chi connectivity index (χ0v) is 57.1. The smallest absolute Gasteiger partial charge is 0.306 e. The number of esters is 1. The van der Waals surface area contributed by atoms with Crippen LogP contribution in [0, 0.1) is 20.2 Å². The maximum absolute atomic E-state index is 11.1. The second-order valence-corrected chi connectivity index (χ2v) is 22.1. The number of nitrogen functional groups attached to an aromatic ring is 3. The molecule has 4 unspecified atom stereocenters. The summed E-state index contributed by atoms with van der Waals surface area (Å²) in [5, 5.41) is 34.2. The van der Waals surface area contributed by atoms with Gasteiger partial charge in [-0.1, -0.05) is 137 Å². The van der Waals surface area contributed by atoms with Gasteiger partial charge in [0.2, 0.25) is 0 Å². The number of nitrogens with one attached hydrogen (secondary N) is 1. The maximum atomic E-state index is 11.1. The van der Waals surface area contributed by atoms with Gasteiger partial charge in [0.05, 0.1) is 85.4 Å². The molecule has 0 aliphatic heterocycles. The molecule has 0 radical (unpaired) electrons. The molecule has 3 aromatic heterocycles. The number of aldehydes is 1. The Morgan fingerprint density at radius 1 is 0.485 bits per heavy atom. The van der Waals surface area contributed by atoms with E-state index in [4.69, 9.17) is 41.3 Å². The summed E-state index contributed by atoms with van der Waals surface area (Å²) in [5.74, 6) is 4.43. The van der Waals surface area contributed by atoms with E-state index < -0.39 is 9.85 Å². The van der Waals surface area contributed by atoms with Crippen molar-refractivity contribution >= 4 is 79.3 Å². The van der Waals surface area contributed by atoms with Crippen LogP contribution in [0.25, 0.3) is 33.0 Å². The van der Waals surface area contributed by atoms with Crippen molar-refractivity contribution in [3.8, 4) is 23.0 Å². The van der Waals surface area contributed by atoms with Gasteiger partial charge in [-0.3, -0.25) is 45.0 Å². The van der Waals surface area contributed by atoms with E-state index in [2.05, 4.69) is 61.0 Å². The molecule has 23 heteroatoms. The first-order valence-corrected chi connectivity index (χ1v) is 31.6. The van der Waals surface area contributed by atoms with Crippen molar-refractivity contribution in [3.63, 3.8) is 0 Å². The summed E-state index contributed by atoms with van der Waals surface area (Å²) in [5.41, 5.74) is 26.3. The fraction of sp³-hybridized carbons (Fsp3) is 0.250. The largest absolute Gasteiger partial charge is 0.496 e. The third-order valence-electron chi connectivity index (χ3n) is 15.4. The highest BCUT2D eigenvalue weighted by atomic mass is 16.6. The normalized spacial score (nSPS) is 11.4. The minimum absolute atomic E-state index is 0.00870. The van der Waals surface area contributed by atoms with Gasteiger partial charge in [0.1, 0.15) is 40.5 Å². The molecule has 0 aliphatic carbocycles. The summed E-state index contributed by atoms with van der Waals surface area (Å²) in [6, 6.07) is 56.4. The number of pyridine rings is 1. The molecule has 0 spiro atoms. The number of anilines is 4. The quantitative estimate of drug-likeness (QED) is 0.0156. The Hall–Kier alpha value is -11.9. The molecule has 8 aromatic carbocycles. The number of carbonyl (C=O) groups excluding carboxylic acids is 2. The second-order valence-electron chi connectivity index (χ2n) is 22.1. The Balaban J connectivity index is 0.000000212. The van der Waals surface area contributed by atoms with Crippen LogP contribution >= 0.6 is 0 Å². The van der Waals surface area contributed by atoms with Crippen molar-refractivity contribution in [2.45, 2.75) is 77.0 Å². The van der Waals surface area contributed by atoms with Gasteiger partial charge in [0.25, 0.3) is 11.4 Å². The summed E-state index contributed by atoms with van der Waals surface area (Å²) in [7, 11) is 8.07. The molecule has 518 valence electrons. The zero-order valence-electron chi connectivity index (χ0n) is 57.1. The van der Waals surface area contributed by atoms with Gasteiger partial charge in [-0.15, -0.1) is 0 Å². The summed E-state index contributed by atoms with van der Waals surface area (Å²) >= 11 is 0. The number of rotatable bonds is 20. The number of aromatic nitrogens is 5. The van der Waals surface area contributed by atoms with E-state index in [1.165, 1.54) is 54.9 Å². The third-order valence-corrected chi connectivity index (χ3v) is 15.4.